The van der Waals surface area contributed by atoms with Gasteiger partial charge in [0.05, 0.1) is 10.6 Å². The van der Waals surface area contributed by atoms with Crippen molar-refractivity contribution in [1.82, 2.24) is 5.32 Å². The van der Waals surface area contributed by atoms with Crippen LogP contribution in [0.3, 0.4) is 0 Å². The van der Waals surface area contributed by atoms with E-state index >= 15 is 0 Å². The maximum Gasteiger partial charge on any atom is 0.253 e. The van der Waals surface area contributed by atoms with Gasteiger partial charge in [-0.25, -0.2) is 0 Å². The van der Waals surface area contributed by atoms with Gasteiger partial charge in [-0.1, -0.05) is 23.7 Å². The standard InChI is InChI=1S/C12H15Cl2NO/c1-12(2,7-8-13)15-11(16)9-5-3-4-6-10(9)14/h3-6H,7-8H2,1-2H3,(H,15,16). The zero-order chi connectivity index (χ0) is 12.2. The number of nitrogens with one attached hydrogen (secondary N) is 1. The van der Waals surface area contributed by atoms with Crippen molar-refractivity contribution in [3.8, 4) is 0 Å². The first-order valence-corrected chi connectivity index (χ1v) is 6.00. The third-order valence-corrected chi connectivity index (χ3v) is 2.81. The number of alkyl halides is 1. The highest BCUT2D eigenvalue weighted by Gasteiger charge is 2.21. The van der Waals surface area contributed by atoms with Crippen LogP contribution in [0, 0.1) is 0 Å². The molecule has 0 bridgehead atoms. The fourth-order valence-corrected chi connectivity index (χ4v) is 2.01. The average molecular weight is 260 g/mol. The monoisotopic (exact) mass is 259 g/mol. The number of benzene rings is 1. The summed E-state index contributed by atoms with van der Waals surface area (Å²) in [7, 11) is 0. The first kappa shape index (κ1) is 13.3. The molecule has 0 saturated carbocycles. The lowest BCUT2D eigenvalue weighted by atomic mass is 10.0. The Morgan fingerprint density at radius 3 is 2.56 bits per heavy atom. The maximum absolute atomic E-state index is 11.9. The van der Waals surface area contributed by atoms with Gasteiger partial charge >= 0.3 is 0 Å². The quantitative estimate of drug-likeness (QED) is 0.825. The van der Waals surface area contributed by atoms with Gasteiger partial charge in [-0.05, 0) is 32.4 Å². The van der Waals surface area contributed by atoms with E-state index in [-0.39, 0.29) is 11.4 Å². The Hall–Kier alpha value is -0.730. The van der Waals surface area contributed by atoms with Crippen molar-refractivity contribution in [2.24, 2.45) is 0 Å². The third kappa shape index (κ3) is 3.69. The van der Waals surface area contributed by atoms with Crippen LogP contribution in [0.1, 0.15) is 30.6 Å². The summed E-state index contributed by atoms with van der Waals surface area (Å²) in [4.78, 5) is 11.9. The van der Waals surface area contributed by atoms with Crippen molar-refractivity contribution in [2.75, 3.05) is 5.88 Å². The Morgan fingerprint density at radius 2 is 2.00 bits per heavy atom. The molecule has 0 aliphatic carbocycles. The highest BCUT2D eigenvalue weighted by molar-refractivity contribution is 6.33. The SMILES string of the molecule is CC(C)(CCCl)NC(=O)c1ccccc1Cl. The second-order valence-electron chi connectivity index (χ2n) is 4.26. The molecule has 0 aliphatic rings. The van der Waals surface area contributed by atoms with Crippen LogP contribution in [0.15, 0.2) is 24.3 Å². The molecule has 0 spiro atoms. The number of halogens is 2. The minimum atomic E-state index is -0.321. The molecule has 1 aromatic carbocycles. The number of carbonyl (C=O) groups is 1. The van der Waals surface area contributed by atoms with E-state index in [1.807, 2.05) is 13.8 Å². The molecule has 0 heterocycles. The van der Waals surface area contributed by atoms with E-state index in [1.54, 1.807) is 24.3 Å². The molecule has 88 valence electrons. The van der Waals surface area contributed by atoms with Crippen LogP contribution >= 0.6 is 23.2 Å². The summed E-state index contributed by atoms with van der Waals surface area (Å²) < 4.78 is 0. The second-order valence-corrected chi connectivity index (χ2v) is 5.04. The number of amides is 1. The lowest BCUT2D eigenvalue weighted by molar-refractivity contribution is 0.0912. The molecule has 1 aromatic rings. The van der Waals surface area contributed by atoms with Gasteiger partial charge in [-0.2, -0.15) is 0 Å². The number of rotatable bonds is 4. The summed E-state index contributed by atoms with van der Waals surface area (Å²) in [6, 6.07) is 6.98. The lowest BCUT2D eigenvalue weighted by Crippen LogP contribution is -2.43. The van der Waals surface area contributed by atoms with Crippen molar-refractivity contribution in [3.05, 3.63) is 34.9 Å². The van der Waals surface area contributed by atoms with Crippen LogP contribution in [0.4, 0.5) is 0 Å². The first-order chi connectivity index (χ1) is 7.46. The number of carbonyl (C=O) groups excluding carboxylic acids is 1. The molecule has 1 N–H and O–H groups in total. The molecule has 0 aliphatic heterocycles. The van der Waals surface area contributed by atoms with Crippen molar-refractivity contribution >= 4 is 29.1 Å². The van der Waals surface area contributed by atoms with E-state index < -0.39 is 0 Å². The van der Waals surface area contributed by atoms with Gasteiger partial charge in [0.25, 0.3) is 5.91 Å². The number of hydrogen-bond donors (Lipinski definition) is 1. The topological polar surface area (TPSA) is 29.1 Å². The van der Waals surface area contributed by atoms with E-state index in [0.717, 1.165) is 0 Å². The molecular formula is C12H15Cl2NO. The molecule has 4 heteroatoms. The molecular weight excluding hydrogens is 245 g/mol. The van der Waals surface area contributed by atoms with Crippen molar-refractivity contribution in [1.29, 1.82) is 0 Å². The minimum absolute atomic E-state index is 0.166. The molecule has 0 unspecified atom stereocenters. The van der Waals surface area contributed by atoms with Crippen LogP contribution in [-0.2, 0) is 0 Å². The minimum Gasteiger partial charge on any atom is -0.347 e. The first-order valence-electron chi connectivity index (χ1n) is 5.09. The van der Waals surface area contributed by atoms with E-state index in [2.05, 4.69) is 5.32 Å². The smallest absolute Gasteiger partial charge is 0.253 e. The zero-order valence-electron chi connectivity index (χ0n) is 9.39. The van der Waals surface area contributed by atoms with E-state index in [9.17, 15) is 4.79 Å². The molecule has 1 amide bonds. The van der Waals surface area contributed by atoms with Gasteiger partial charge in [0.1, 0.15) is 0 Å². The molecule has 16 heavy (non-hydrogen) atoms. The fraction of sp³-hybridized carbons (Fsp3) is 0.417. The molecule has 0 saturated heterocycles. The van der Waals surface area contributed by atoms with Crippen molar-refractivity contribution in [3.63, 3.8) is 0 Å². The highest BCUT2D eigenvalue weighted by Crippen LogP contribution is 2.17. The Labute approximate surface area is 106 Å². The molecule has 2 nitrogen and oxygen atoms in total. The lowest BCUT2D eigenvalue weighted by Gasteiger charge is -2.25. The Morgan fingerprint density at radius 1 is 1.38 bits per heavy atom. The molecule has 0 aromatic heterocycles. The van der Waals surface area contributed by atoms with E-state index in [4.69, 9.17) is 23.2 Å². The summed E-state index contributed by atoms with van der Waals surface area (Å²) in [6.07, 6.45) is 0.713. The highest BCUT2D eigenvalue weighted by atomic mass is 35.5. The van der Waals surface area contributed by atoms with Gasteiger partial charge in [0, 0.05) is 11.4 Å². The molecule has 0 atom stereocenters. The summed E-state index contributed by atoms with van der Waals surface area (Å²) in [6.45, 7) is 3.87. The third-order valence-electron chi connectivity index (χ3n) is 2.29. The van der Waals surface area contributed by atoms with Crippen LogP contribution in [-0.4, -0.2) is 17.3 Å². The van der Waals surface area contributed by atoms with Gasteiger partial charge in [0.15, 0.2) is 0 Å². The second kappa shape index (κ2) is 5.55. The maximum atomic E-state index is 11.9. The fourth-order valence-electron chi connectivity index (χ4n) is 1.32. The predicted octanol–water partition coefficient (Wildman–Crippen LogP) is 3.48. The largest absolute Gasteiger partial charge is 0.347 e. The predicted molar refractivity (Wildman–Crippen MR) is 68.3 cm³/mol. The Bertz CT molecular complexity index is 377. The van der Waals surface area contributed by atoms with Gasteiger partial charge < -0.3 is 5.32 Å². The van der Waals surface area contributed by atoms with Crippen LogP contribution in [0.25, 0.3) is 0 Å². The molecule has 1 rings (SSSR count). The average Bonchev–Trinajstić information content (AvgIpc) is 2.17. The molecule has 0 fully saturated rings. The van der Waals surface area contributed by atoms with Gasteiger partial charge in [-0.15, -0.1) is 11.6 Å². The van der Waals surface area contributed by atoms with Crippen LogP contribution in [0.5, 0.6) is 0 Å². The Balaban J connectivity index is 2.77. The van der Waals surface area contributed by atoms with Crippen LogP contribution < -0.4 is 5.32 Å². The summed E-state index contributed by atoms with van der Waals surface area (Å²) in [5.74, 6) is 0.344. The van der Waals surface area contributed by atoms with Crippen molar-refractivity contribution in [2.45, 2.75) is 25.8 Å². The Kier molecular flexibility index (Phi) is 4.63. The number of hydrogen-bond acceptors (Lipinski definition) is 1. The summed E-state index contributed by atoms with van der Waals surface area (Å²) >= 11 is 11.6. The zero-order valence-corrected chi connectivity index (χ0v) is 10.9. The van der Waals surface area contributed by atoms with Gasteiger partial charge in [-0.3, -0.25) is 4.79 Å². The summed E-state index contributed by atoms with van der Waals surface area (Å²) in [5, 5.41) is 3.37. The van der Waals surface area contributed by atoms with Gasteiger partial charge in [0.2, 0.25) is 0 Å². The normalized spacial score (nSPS) is 11.2. The molecule has 0 radical (unpaired) electrons. The van der Waals surface area contributed by atoms with Crippen molar-refractivity contribution < 1.29 is 4.79 Å². The van der Waals surface area contributed by atoms with Crippen LogP contribution in [0.2, 0.25) is 5.02 Å². The summed E-state index contributed by atoms with van der Waals surface area (Å²) in [5.41, 5.74) is 0.171. The van der Waals surface area contributed by atoms with E-state index in [0.29, 0.717) is 22.9 Å². The van der Waals surface area contributed by atoms with E-state index in [1.165, 1.54) is 0 Å².